The second kappa shape index (κ2) is 5.29. The van der Waals surface area contributed by atoms with E-state index >= 15 is 0 Å². The molecule has 1 saturated heterocycles. The van der Waals surface area contributed by atoms with Gasteiger partial charge in [0.25, 0.3) is 0 Å². The molecule has 18 heavy (non-hydrogen) atoms. The van der Waals surface area contributed by atoms with Crippen LogP contribution in [0.4, 0.5) is 11.4 Å². The number of nitrogens with zero attached hydrogens (tertiary/aromatic N) is 1. The van der Waals surface area contributed by atoms with Crippen LogP contribution in [0.25, 0.3) is 0 Å². The summed E-state index contributed by atoms with van der Waals surface area (Å²) in [6.07, 6.45) is 2.39. The smallest absolute Gasteiger partial charge is 0.338 e. The van der Waals surface area contributed by atoms with Crippen molar-refractivity contribution in [2.24, 2.45) is 0 Å². The van der Waals surface area contributed by atoms with Crippen LogP contribution < -0.4 is 10.6 Å². The highest BCUT2D eigenvalue weighted by atomic mass is 16.5. The van der Waals surface area contributed by atoms with Crippen LogP contribution in [0.2, 0.25) is 0 Å². The Hall–Kier alpha value is -1.71. The molecule has 0 aliphatic carbocycles. The van der Waals surface area contributed by atoms with Gasteiger partial charge < -0.3 is 15.4 Å². The number of benzene rings is 1. The molecule has 2 rings (SSSR count). The van der Waals surface area contributed by atoms with Gasteiger partial charge in [0.15, 0.2) is 0 Å². The van der Waals surface area contributed by atoms with Gasteiger partial charge in [-0.2, -0.15) is 0 Å². The fourth-order valence-corrected chi connectivity index (χ4v) is 2.45. The van der Waals surface area contributed by atoms with Crippen LogP contribution in [0, 0.1) is 0 Å². The SMILES string of the molecule is CCOC(=O)c1ccc(N2CCCC2C)c(N)c1. The topological polar surface area (TPSA) is 55.6 Å². The van der Waals surface area contributed by atoms with Gasteiger partial charge in [-0.25, -0.2) is 4.79 Å². The van der Waals surface area contributed by atoms with E-state index < -0.39 is 0 Å². The van der Waals surface area contributed by atoms with Crippen LogP contribution in [-0.2, 0) is 4.74 Å². The molecule has 1 aliphatic rings. The molecule has 0 bridgehead atoms. The Balaban J connectivity index is 2.22. The highest BCUT2D eigenvalue weighted by Gasteiger charge is 2.22. The maximum atomic E-state index is 11.6. The first kappa shape index (κ1) is 12.7. The summed E-state index contributed by atoms with van der Waals surface area (Å²) in [7, 11) is 0. The summed E-state index contributed by atoms with van der Waals surface area (Å²) < 4.78 is 4.96. The number of carbonyl (C=O) groups excluding carboxylic acids is 1. The lowest BCUT2D eigenvalue weighted by Gasteiger charge is -2.25. The third-order valence-electron chi connectivity index (χ3n) is 3.40. The molecule has 1 unspecified atom stereocenters. The zero-order valence-electron chi connectivity index (χ0n) is 11.0. The Morgan fingerprint density at radius 2 is 2.33 bits per heavy atom. The molecule has 1 fully saturated rings. The molecule has 98 valence electrons. The van der Waals surface area contributed by atoms with Crippen LogP contribution >= 0.6 is 0 Å². The average molecular weight is 248 g/mol. The molecule has 1 aromatic rings. The first-order valence-corrected chi connectivity index (χ1v) is 6.46. The Morgan fingerprint density at radius 3 is 2.89 bits per heavy atom. The average Bonchev–Trinajstić information content (AvgIpc) is 2.75. The molecular weight excluding hydrogens is 228 g/mol. The predicted octanol–water partition coefficient (Wildman–Crippen LogP) is 2.43. The second-order valence-electron chi connectivity index (χ2n) is 4.68. The number of hydrogen-bond acceptors (Lipinski definition) is 4. The van der Waals surface area contributed by atoms with Crippen molar-refractivity contribution in [2.45, 2.75) is 32.7 Å². The van der Waals surface area contributed by atoms with Crippen molar-refractivity contribution in [1.29, 1.82) is 0 Å². The van der Waals surface area contributed by atoms with Crippen molar-refractivity contribution < 1.29 is 9.53 Å². The molecule has 0 spiro atoms. The summed E-state index contributed by atoms with van der Waals surface area (Å²) in [6, 6.07) is 5.93. The van der Waals surface area contributed by atoms with Gasteiger partial charge in [0.05, 0.1) is 23.5 Å². The van der Waals surface area contributed by atoms with E-state index in [1.807, 2.05) is 6.07 Å². The van der Waals surface area contributed by atoms with Crippen molar-refractivity contribution in [3.05, 3.63) is 23.8 Å². The molecule has 1 aliphatic heterocycles. The molecule has 1 aromatic carbocycles. The van der Waals surface area contributed by atoms with Gasteiger partial charge in [-0.05, 0) is 44.9 Å². The van der Waals surface area contributed by atoms with Gasteiger partial charge in [0.2, 0.25) is 0 Å². The predicted molar refractivity (Wildman–Crippen MR) is 72.9 cm³/mol. The maximum absolute atomic E-state index is 11.6. The Morgan fingerprint density at radius 1 is 1.56 bits per heavy atom. The van der Waals surface area contributed by atoms with Crippen LogP contribution in [0.5, 0.6) is 0 Å². The van der Waals surface area contributed by atoms with Gasteiger partial charge in [0.1, 0.15) is 0 Å². The Kier molecular flexibility index (Phi) is 3.75. The highest BCUT2D eigenvalue weighted by Crippen LogP contribution is 2.30. The molecule has 4 nitrogen and oxygen atoms in total. The monoisotopic (exact) mass is 248 g/mol. The van der Waals surface area contributed by atoms with Crippen molar-refractivity contribution >= 4 is 17.3 Å². The van der Waals surface area contributed by atoms with Gasteiger partial charge in [0, 0.05) is 12.6 Å². The van der Waals surface area contributed by atoms with E-state index in [0.717, 1.165) is 12.2 Å². The molecule has 1 heterocycles. The first-order chi connectivity index (χ1) is 8.63. The van der Waals surface area contributed by atoms with Crippen LogP contribution in [-0.4, -0.2) is 25.2 Å². The summed E-state index contributed by atoms with van der Waals surface area (Å²) in [6.45, 7) is 5.40. The second-order valence-corrected chi connectivity index (χ2v) is 4.68. The fraction of sp³-hybridized carbons (Fsp3) is 0.500. The maximum Gasteiger partial charge on any atom is 0.338 e. The highest BCUT2D eigenvalue weighted by molar-refractivity contribution is 5.92. The minimum Gasteiger partial charge on any atom is -0.462 e. The van der Waals surface area contributed by atoms with E-state index in [2.05, 4.69) is 11.8 Å². The molecule has 1 atom stereocenters. The third-order valence-corrected chi connectivity index (χ3v) is 3.40. The van der Waals surface area contributed by atoms with Gasteiger partial charge in [-0.3, -0.25) is 0 Å². The molecule has 0 saturated carbocycles. The fourth-order valence-electron chi connectivity index (χ4n) is 2.45. The molecule has 4 heteroatoms. The van der Waals surface area contributed by atoms with Gasteiger partial charge >= 0.3 is 5.97 Å². The molecule has 2 N–H and O–H groups in total. The van der Waals surface area contributed by atoms with Crippen molar-refractivity contribution in [2.75, 3.05) is 23.8 Å². The number of carbonyl (C=O) groups is 1. The number of hydrogen-bond donors (Lipinski definition) is 1. The zero-order valence-corrected chi connectivity index (χ0v) is 11.0. The number of anilines is 2. The van der Waals surface area contributed by atoms with Crippen molar-refractivity contribution in [3.8, 4) is 0 Å². The van der Waals surface area contributed by atoms with Crippen molar-refractivity contribution in [3.63, 3.8) is 0 Å². The standard InChI is InChI=1S/C14H20N2O2/c1-3-18-14(17)11-6-7-13(12(15)9-11)16-8-4-5-10(16)2/h6-7,9-10H,3-5,8,15H2,1-2H3. The quantitative estimate of drug-likeness (QED) is 0.659. The summed E-state index contributed by atoms with van der Waals surface area (Å²) in [4.78, 5) is 13.9. The lowest BCUT2D eigenvalue weighted by molar-refractivity contribution is 0.0526. The molecule has 0 amide bonds. The van der Waals surface area contributed by atoms with Crippen LogP contribution in [0.3, 0.4) is 0 Å². The van der Waals surface area contributed by atoms with Gasteiger partial charge in [-0.15, -0.1) is 0 Å². The van der Waals surface area contributed by atoms with Gasteiger partial charge in [-0.1, -0.05) is 0 Å². The number of rotatable bonds is 3. The molecule has 0 radical (unpaired) electrons. The summed E-state index contributed by atoms with van der Waals surface area (Å²) >= 11 is 0. The van der Waals surface area contributed by atoms with E-state index in [4.69, 9.17) is 10.5 Å². The van der Waals surface area contributed by atoms with E-state index in [1.54, 1.807) is 19.1 Å². The minimum absolute atomic E-state index is 0.315. The van der Waals surface area contributed by atoms with E-state index in [1.165, 1.54) is 12.8 Å². The summed E-state index contributed by atoms with van der Waals surface area (Å²) in [5, 5.41) is 0. The molecular formula is C14H20N2O2. The van der Waals surface area contributed by atoms with Crippen molar-refractivity contribution in [1.82, 2.24) is 0 Å². The normalized spacial score (nSPS) is 19.0. The first-order valence-electron chi connectivity index (χ1n) is 6.46. The number of nitrogens with two attached hydrogens (primary N) is 1. The minimum atomic E-state index is -0.315. The Bertz CT molecular complexity index is 445. The number of ether oxygens (including phenoxy) is 1. The lowest BCUT2D eigenvalue weighted by atomic mass is 10.1. The number of esters is 1. The Labute approximate surface area is 108 Å². The van der Waals surface area contributed by atoms with E-state index in [-0.39, 0.29) is 5.97 Å². The van der Waals surface area contributed by atoms with Crippen LogP contribution in [0.1, 0.15) is 37.0 Å². The van der Waals surface area contributed by atoms with E-state index in [0.29, 0.717) is 23.9 Å². The largest absolute Gasteiger partial charge is 0.462 e. The zero-order chi connectivity index (χ0) is 13.1. The number of nitrogen functional groups attached to an aromatic ring is 1. The summed E-state index contributed by atoms with van der Waals surface area (Å²) in [5.74, 6) is -0.315. The molecule has 0 aromatic heterocycles. The van der Waals surface area contributed by atoms with Crippen LogP contribution in [0.15, 0.2) is 18.2 Å². The third kappa shape index (κ3) is 2.42. The lowest BCUT2D eigenvalue weighted by Crippen LogP contribution is -2.27. The van der Waals surface area contributed by atoms with E-state index in [9.17, 15) is 4.79 Å². The summed E-state index contributed by atoms with van der Waals surface area (Å²) in [5.41, 5.74) is 8.24.